The van der Waals surface area contributed by atoms with Crippen molar-refractivity contribution in [2.24, 2.45) is 0 Å². The first kappa shape index (κ1) is 21.2. The Hall–Kier alpha value is -0.830. The SMILES string of the molecule is CCCCCCCCCCn1cc[n+](COCCCCCCC)c1. The van der Waals surface area contributed by atoms with Crippen LogP contribution in [0.2, 0.25) is 0 Å². The molecule has 0 spiro atoms. The van der Waals surface area contributed by atoms with Crippen molar-refractivity contribution in [3.8, 4) is 0 Å². The van der Waals surface area contributed by atoms with Gasteiger partial charge in [-0.1, -0.05) is 78.1 Å². The fraction of sp³-hybridized carbons (Fsp3) is 0.857. The van der Waals surface area contributed by atoms with Crippen molar-refractivity contribution >= 4 is 0 Å². The van der Waals surface area contributed by atoms with E-state index in [1.54, 1.807) is 0 Å². The van der Waals surface area contributed by atoms with E-state index in [1.807, 2.05) is 0 Å². The lowest BCUT2D eigenvalue weighted by molar-refractivity contribution is -0.732. The summed E-state index contributed by atoms with van der Waals surface area (Å²) in [4.78, 5) is 0. The van der Waals surface area contributed by atoms with Gasteiger partial charge in [0.2, 0.25) is 6.33 Å². The molecule has 0 radical (unpaired) electrons. The molecular formula is C21H41N2O+. The third-order valence-corrected chi connectivity index (χ3v) is 4.65. The van der Waals surface area contributed by atoms with Gasteiger partial charge in [0, 0.05) is 0 Å². The van der Waals surface area contributed by atoms with Crippen molar-refractivity contribution in [1.29, 1.82) is 0 Å². The van der Waals surface area contributed by atoms with E-state index in [-0.39, 0.29) is 0 Å². The molecule has 0 saturated carbocycles. The van der Waals surface area contributed by atoms with Gasteiger partial charge < -0.3 is 4.74 Å². The topological polar surface area (TPSA) is 18.0 Å². The molecule has 0 N–H and O–H groups in total. The number of nitrogens with zero attached hydrogens (tertiary/aromatic N) is 2. The first-order valence-electron chi connectivity index (χ1n) is 10.5. The van der Waals surface area contributed by atoms with Crippen LogP contribution in [0.25, 0.3) is 0 Å². The van der Waals surface area contributed by atoms with Gasteiger partial charge in [-0.25, -0.2) is 9.13 Å². The molecule has 0 unspecified atom stereocenters. The minimum absolute atomic E-state index is 0.693. The molecule has 1 aromatic rings. The quantitative estimate of drug-likeness (QED) is 0.257. The Labute approximate surface area is 150 Å². The molecule has 24 heavy (non-hydrogen) atoms. The zero-order chi connectivity index (χ0) is 17.3. The molecule has 3 nitrogen and oxygen atoms in total. The average Bonchev–Trinajstić information content (AvgIpc) is 3.04. The Balaban J connectivity index is 1.95. The van der Waals surface area contributed by atoms with Crippen LogP contribution in [0.1, 0.15) is 97.3 Å². The van der Waals surface area contributed by atoms with Crippen LogP contribution < -0.4 is 4.57 Å². The van der Waals surface area contributed by atoms with Gasteiger partial charge in [0.15, 0.2) is 6.73 Å². The number of hydrogen-bond acceptors (Lipinski definition) is 1. The molecule has 0 aliphatic carbocycles. The fourth-order valence-electron chi connectivity index (χ4n) is 3.05. The first-order chi connectivity index (χ1) is 11.9. The molecule has 140 valence electrons. The smallest absolute Gasteiger partial charge is 0.245 e. The maximum atomic E-state index is 5.75. The van der Waals surface area contributed by atoms with E-state index in [1.165, 1.54) is 83.5 Å². The van der Waals surface area contributed by atoms with Gasteiger partial charge in [-0.15, -0.1) is 0 Å². The van der Waals surface area contributed by atoms with Gasteiger partial charge in [-0.05, 0) is 19.3 Å². The summed E-state index contributed by atoms with van der Waals surface area (Å²) in [6.45, 7) is 7.25. The molecule has 1 aromatic heterocycles. The summed E-state index contributed by atoms with van der Waals surface area (Å²) in [5, 5.41) is 0. The monoisotopic (exact) mass is 337 g/mol. The van der Waals surface area contributed by atoms with E-state index in [4.69, 9.17) is 4.74 Å². The Morgan fingerprint density at radius 2 is 1.33 bits per heavy atom. The molecule has 0 aromatic carbocycles. The van der Waals surface area contributed by atoms with Gasteiger partial charge in [0.25, 0.3) is 0 Å². The van der Waals surface area contributed by atoms with Crippen molar-refractivity contribution in [3.05, 3.63) is 18.7 Å². The molecule has 3 heteroatoms. The van der Waals surface area contributed by atoms with E-state index < -0.39 is 0 Å². The van der Waals surface area contributed by atoms with Gasteiger partial charge in [-0.2, -0.15) is 0 Å². The predicted molar refractivity (Wildman–Crippen MR) is 102 cm³/mol. The third kappa shape index (κ3) is 11.7. The molecule has 0 saturated heterocycles. The zero-order valence-corrected chi connectivity index (χ0v) is 16.3. The molecule has 0 bridgehead atoms. The summed E-state index contributed by atoms with van der Waals surface area (Å²) in [6.07, 6.45) is 24.0. The number of unbranched alkanes of at least 4 members (excludes halogenated alkanes) is 11. The maximum Gasteiger partial charge on any atom is 0.245 e. The van der Waals surface area contributed by atoms with E-state index in [9.17, 15) is 0 Å². The van der Waals surface area contributed by atoms with Crippen LogP contribution in [0.3, 0.4) is 0 Å². The lowest BCUT2D eigenvalue weighted by Crippen LogP contribution is -2.32. The van der Waals surface area contributed by atoms with Crippen molar-refractivity contribution in [2.45, 2.75) is 111 Å². The summed E-state index contributed by atoms with van der Waals surface area (Å²) in [6, 6.07) is 0. The second-order valence-electron chi connectivity index (χ2n) is 7.09. The lowest BCUT2D eigenvalue weighted by Gasteiger charge is -2.02. The van der Waals surface area contributed by atoms with Gasteiger partial charge >= 0.3 is 0 Å². The molecule has 1 rings (SSSR count). The molecule has 0 amide bonds. The lowest BCUT2D eigenvalue weighted by atomic mass is 10.1. The largest absolute Gasteiger partial charge is 0.342 e. The molecule has 0 aliphatic rings. The fourth-order valence-corrected chi connectivity index (χ4v) is 3.05. The van der Waals surface area contributed by atoms with E-state index in [0.717, 1.165) is 13.2 Å². The summed E-state index contributed by atoms with van der Waals surface area (Å²) in [7, 11) is 0. The van der Waals surface area contributed by atoms with Gasteiger partial charge in [0.1, 0.15) is 12.4 Å². The Morgan fingerprint density at radius 1 is 0.750 bits per heavy atom. The van der Waals surface area contributed by atoms with Crippen molar-refractivity contribution in [1.82, 2.24) is 4.57 Å². The average molecular weight is 338 g/mol. The van der Waals surface area contributed by atoms with Gasteiger partial charge in [-0.3, -0.25) is 0 Å². The number of ether oxygens (including phenoxy) is 1. The highest BCUT2D eigenvalue weighted by Crippen LogP contribution is 2.09. The predicted octanol–water partition coefficient (Wildman–Crippen LogP) is 5.86. The second kappa shape index (κ2) is 15.7. The molecule has 0 fully saturated rings. The minimum Gasteiger partial charge on any atom is -0.342 e. The summed E-state index contributed by atoms with van der Waals surface area (Å²) in [5.74, 6) is 0. The molecule has 1 heterocycles. The molecular weight excluding hydrogens is 296 g/mol. The minimum atomic E-state index is 0.693. The molecule has 0 atom stereocenters. The van der Waals surface area contributed by atoms with E-state index in [0.29, 0.717) is 6.73 Å². The highest BCUT2D eigenvalue weighted by atomic mass is 16.5. The number of imidazole rings is 1. The van der Waals surface area contributed by atoms with Gasteiger partial charge in [0.05, 0.1) is 13.2 Å². The Kier molecular flexibility index (Phi) is 13.9. The van der Waals surface area contributed by atoms with E-state index >= 15 is 0 Å². The standard InChI is InChI=1S/C21H41N2O/c1-3-5-7-9-10-11-12-14-16-22-17-18-23(20-22)21-24-19-15-13-8-6-4-2/h17-18,20H,3-16,19,21H2,1-2H3/q+1. The van der Waals surface area contributed by atoms with Crippen LogP contribution >= 0.6 is 0 Å². The number of rotatable bonds is 17. The third-order valence-electron chi connectivity index (χ3n) is 4.65. The number of hydrogen-bond donors (Lipinski definition) is 0. The second-order valence-corrected chi connectivity index (χ2v) is 7.09. The summed E-state index contributed by atoms with van der Waals surface area (Å²) in [5.41, 5.74) is 0. The zero-order valence-electron chi connectivity index (χ0n) is 16.3. The number of aryl methyl sites for hydroxylation is 1. The first-order valence-corrected chi connectivity index (χ1v) is 10.5. The highest BCUT2D eigenvalue weighted by molar-refractivity contribution is 4.65. The van der Waals surface area contributed by atoms with E-state index in [2.05, 4.69) is 41.7 Å². The van der Waals surface area contributed by atoms with Crippen LogP contribution in [0.4, 0.5) is 0 Å². The van der Waals surface area contributed by atoms with Crippen LogP contribution in [0.5, 0.6) is 0 Å². The maximum absolute atomic E-state index is 5.75. The van der Waals surface area contributed by atoms with Crippen molar-refractivity contribution in [3.63, 3.8) is 0 Å². The Bertz CT molecular complexity index is 376. The summed E-state index contributed by atoms with van der Waals surface area (Å²) >= 11 is 0. The number of aromatic nitrogens is 2. The van der Waals surface area contributed by atoms with Crippen LogP contribution in [-0.2, 0) is 18.0 Å². The highest BCUT2D eigenvalue weighted by Gasteiger charge is 2.03. The van der Waals surface area contributed by atoms with Crippen molar-refractivity contribution < 1.29 is 9.30 Å². The van der Waals surface area contributed by atoms with Crippen LogP contribution in [-0.4, -0.2) is 11.2 Å². The normalized spacial score (nSPS) is 11.2. The van der Waals surface area contributed by atoms with Crippen LogP contribution in [0.15, 0.2) is 18.7 Å². The Morgan fingerprint density at radius 3 is 2.00 bits per heavy atom. The summed E-state index contributed by atoms with van der Waals surface area (Å²) < 4.78 is 10.2. The van der Waals surface area contributed by atoms with Crippen molar-refractivity contribution in [2.75, 3.05) is 6.61 Å². The van der Waals surface area contributed by atoms with Crippen LogP contribution in [0, 0.1) is 0 Å². The molecule has 0 aliphatic heterocycles.